The molecular weight excluding hydrogens is 387 g/mol. The fourth-order valence-corrected chi connectivity index (χ4v) is 4.21. The lowest BCUT2D eigenvalue weighted by molar-refractivity contribution is -0.144. The van der Waals surface area contributed by atoms with E-state index in [0.717, 1.165) is 5.56 Å². The molecule has 3 rings (SSSR count). The molecule has 0 radical (unpaired) electrons. The van der Waals surface area contributed by atoms with Crippen molar-refractivity contribution >= 4 is 29.2 Å². The summed E-state index contributed by atoms with van der Waals surface area (Å²) in [5.74, 6) is -1.22. The van der Waals surface area contributed by atoms with Gasteiger partial charge in [-0.3, -0.25) is 9.59 Å². The fourth-order valence-electron chi connectivity index (χ4n) is 4.00. The van der Waals surface area contributed by atoms with Crippen molar-refractivity contribution in [1.29, 1.82) is 0 Å². The largest absolute Gasteiger partial charge is 0.481 e. The third-order valence-electron chi connectivity index (χ3n) is 5.65. The van der Waals surface area contributed by atoms with Gasteiger partial charge in [0.2, 0.25) is 5.91 Å². The van der Waals surface area contributed by atoms with Crippen molar-refractivity contribution in [2.75, 3.05) is 18.9 Å². The summed E-state index contributed by atoms with van der Waals surface area (Å²) >= 11 is 6.01. The molecular formula is C20H26ClFN2O4. The summed E-state index contributed by atoms with van der Waals surface area (Å²) in [6, 6.07) is 4.75. The van der Waals surface area contributed by atoms with Crippen molar-refractivity contribution in [1.82, 2.24) is 4.90 Å². The van der Waals surface area contributed by atoms with Gasteiger partial charge in [-0.05, 0) is 43.4 Å². The Bertz CT molecular complexity index is 724. The predicted molar refractivity (Wildman–Crippen MR) is 104 cm³/mol. The Morgan fingerprint density at radius 3 is 2.64 bits per heavy atom. The maximum absolute atomic E-state index is 14.0. The van der Waals surface area contributed by atoms with Crippen molar-refractivity contribution in [2.45, 2.75) is 56.8 Å². The van der Waals surface area contributed by atoms with Crippen LogP contribution < -0.4 is 5.73 Å². The molecule has 0 bridgehead atoms. The number of nitrogens with zero attached hydrogens (tertiary/aromatic N) is 1. The highest BCUT2D eigenvalue weighted by Crippen LogP contribution is 2.28. The molecule has 2 aliphatic rings. The molecule has 2 fully saturated rings. The number of carboxylic acid groups (broad SMARTS) is 1. The number of carboxylic acids is 1. The quantitative estimate of drug-likeness (QED) is 0.700. The van der Waals surface area contributed by atoms with Gasteiger partial charge in [-0.1, -0.05) is 17.7 Å². The van der Waals surface area contributed by atoms with E-state index < -0.39 is 12.1 Å². The lowest BCUT2D eigenvalue weighted by Gasteiger charge is -2.29. The van der Waals surface area contributed by atoms with Crippen molar-refractivity contribution in [3.05, 3.63) is 28.8 Å². The lowest BCUT2D eigenvalue weighted by Crippen LogP contribution is -2.40. The Morgan fingerprint density at radius 2 is 2.00 bits per heavy atom. The number of carbonyl (C=O) groups is 2. The second-order valence-corrected chi connectivity index (χ2v) is 8.12. The molecule has 28 heavy (non-hydrogen) atoms. The van der Waals surface area contributed by atoms with E-state index in [9.17, 15) is 14.0 Å². The number of likely N-dealkylation sites (tertiary alicyclic amines) is 1. The van der Waals surface area contributed by atoms with Crippen LogP contribution in [0.2, 0.25) is 5.02 Å². The molecule has 0 unspecified atom stereocenters. The van der Waals surface area contributed by atoms with Crippen molar-refractivity contribution in [3.8, 4) is 0 Å². The van der Waals surface area contributed by atoms with E-state index in [2.05, 4.69) is 0 Å². The van der Waals surface area contributed by atoms with Gasteiger partial charge in [-0.15, -0.1) is 0 Å². The van der Waals surface area contributed by atoms with Gasteiger partial charge < -0.3 is 20.5 Å². The molecule has 3 N–H and O–H groups in total. The number of ether oxygens (including phenoxy) is 1. The average Bonchev–Trinajstić information content (AvgIpc) is 3.04. The monoisotopic (exact) mass is 412 g/mol. The number of nitrogen functional groups attached to an aromatic ring is 1. The first-order valence-electron chi connectivity index (χ1n) is 9.65. The third kappa shape index (κ3) is 5.14. The Balaban J connectivity index is 1.53. The van der Waals surface area contributed by atoms with Crippen LogP contribution in [-0.4, -0.2) is 53.4 Å². The SMILES string of the molecule is Nc1ccc(CC(=O)N2C[C@@H](F)C[C@H]2COC2CCC(C(=O)O)CC2)cc1Cl. The Kier molecular flexibility index (Phi) is 6.78. The van der Waals surface area contributed by atoms with E-state index in [-0.39, 0.29) is 50.0 Å². The minimum atomic E-state index is -1.06. The molecule has 1 amide bonds. The maximum atomic E-state index is 14.0. The van der Waals surface area contributed by atoms with E-state index >= 15 is 0 Å². The first-order valence-corrected chi connectivity index (χ1v) is 10.0. The second-order valence-electron chi connectivity index (χ2n) is 7.71. The number of anilines is 1. The molecule has 8 heteroatoms. The number of hydrogen-bond donors (Lipinski definition) is 2. The molecule has 0 aromatic heterocycles. The summed E-state index contributed by atoms with van der Waals surface area (Å²) in [6.07, 6.45) is 1.86. The Morgan fingerprint density at radius 1 is 1.29 bits per heavy atom. The number of nitrogens with two attached hydrogens (primary N) is 1. The van der Waals surface area contributed by atoms with Crippen molar-refractivity contribution in [2.24, 2.45) is 5.92 Å². The normalized spacial score (nSPS) is 27.7. The van der Waals surface area contributed by atoms with Crippen molar-refractivity contribution in [3.63, 3.8) is 0 Å². The zero-order chi connectivity index (χ0) is 20.3. The van der Waals surface area contributed by atoms with E-state index in [1.165, 1.54) is 0 Å². The van der Waals surface area contributed by atoms with Crippen LogP contribution in [0.3, 0.4) is 0 Å². The summed E-state index contributed by atoms with van der Waals surface area (Å²) < 4.78 is 19.9. The standard InChI is InChI=1S/C20H26ClFN2O4/c21-17-7-12(1-6-18(17)23)8-19(25)24-10-14(22)9-15(24)11-28-16-4-2-13(3-5-16)20(26)27/h1,6-7,13-16H,2-5,8-11,23H2,(H,26,27)/t13?,14-,15-,16?/m0/s1. The molecule has 1 aromatic rings. The smallest absolute Gasteiger partial charge is 0.306 e. The highest BCUT2D eigenvalue weighted by Gasteiger charge is 2.36. The number of halogens is 2. The molecule has 2 atom stereocenters. The Labute approximate surface area is 168 Å². The molecule has 1 aromatic carbocycles. The van der Waals surface area contributed by atoms with Crippen LogP contribution in [0.25, 0.3) is 0 Å². The number of amides is 1. The topological polar surface area (TPSA) is 92.9 Å². The summed E-state index contributed by atoms with van der Waals surface area (Å²) in [5.41, 5.74) is 6.88. The van der Waals surface area contributed by atoms with Crippen LogP contribution in [0.5, 0.6) is 0 Å². The van der Waals surface area contributed by atoms with E-state index in [4.69, 9.17) is 27.2 Å². The highest BCUT2D eigenvalue weighted by atomic mass is 35.5. The molecule has 0 spiro atoms. The zero-order valence-corrected chi connectivity index (χ0v) is 16.4. The van der Waals surface area contributed by atoms with Gasteiger partial charge in [-0.25, -0.2) is 4.39 Å². The van der Waals surface area contributed by atoms with Gasteiger partial charge in [0.15, 0.2) is 0 Å². The lowest BCUT2D eigenvalue weighted by atomic mass is 9.87. The van der Waals surface area contributed by atoms with E-state index in [1.54, 1.807) is 23.1 Å². The fraction of sp³-hybridized carbons (Fsp3) is 0.600. The minimum absolute atomic E-state index is 0.0258. The number of rotatable bonds is 6. The first kappa shape index (κ1) is 20.9. The van der Waals surface area contributed by atoms with Crippen LogP contribution in [0.15, 0.2) is 18.2 Å². The van der Waals surface area contributed by atoms with Gasteiger partial charge in [0, 0.05) is 6.42 Å². The summed E-state index contributed by atoms with van der Waals surface area (Å²) in [7, 11) is 0. The van der Waals surface area contributed by atoms with Crippen LogP contribution in [0.4, 0.5) is 10.1 Å². The van der Waals surface area contributed by atoms with Crippen LogP contribution in [-0.2, 0) is 20.7 Å². The molecule has 154 valence electrons. The number of aliphatic carboxylic acids is 1. The molecule has 1 heterocycles. The minimum Gasteiger partial charge on any atom is -0.481 e. The number of benzene rings is 1. The van der Waals surface area contributed by atoms with Gasteiger partial charge in [0.05, 0.1) is 48.3 Å². The summed E-state index contributed by atoms with van der Waals surface area (Å²) in [5, 5.41) is 9.46. The van der Waals surface area contributed by atoms with Gasteiger partial charge in [0.25, 0.3) is 0 Å². The first-order chi connectivity index (χ1) is 13.3. The van der Waals surface area contributed by atoms with E-state index in [0.29, 0.717) is 36.4 Å². The van der Waals surface area contributed by atoms with Gasteiger partial charge >= 0.3 is 5.97 Å². The molecule has 1 aliphatic carbocycles. The molecule has 1 aliphatic heterocycles. The Hall–Kier alpha value is -1.86. The van der Waals surface area contributed by atoms with Gasteiger partial charge in [-0.2, -0.15) is 0 Å². The summed E-state index contributed by atoms with van der Waals surface area (Å²) in [6.45, 7) is 0.346. The second kappa shape index (κ2) is 9.09. The van der Waals surface area contributed by atoms with Crippen molar-refractivity contribution < 1.29 is 23.8 Å². The van der Waals surface area contributed by atoms with Gasteiger partial charge in [0.1, 0.15) is 6.17 Å². The highest BCUT2D eigenvalue weighted by molar-refractivity contribution is 6.33. The number of hydrogen-bond acceptors (Lipinski definition) is 4. The average molecular weight is 413 g/mol. The van der Waals surface area contributed by atoms with Crippen LogP contribution in [0, 0.1) is 5.92 Å². The molecule has 1 saturated heterocycles. The van der Waals surface area contributed by atoms with E-state index in [1.807, 2.05) is 0 Å². The predicted octanol–water partition coefficient (Wildman–Crippen LogP) is 3.06. The van der Waals surface area contributed by atoms with Crippen LogP contribution >= 0.6 is 11.6 Å². The molecule has 6 nitrogen and oxygen atoms in total. The third-order valence-corrected chi connectivity index (χ3v) is 5.98. The molecule has 1 saturated carbocycles. The number of alkyl halides is 1. The summed E-state index contributed by atoms with van der Waals surface area (Å²) in [4.78, 5) is 25.3. The zero-order valence-electron chi connectivity index (χ0n) is 15.7. The maximum Gasteiger partial charge on any atom is 0.306 e. The van der Waals surface area contributed by atoms with Crippen LogP contribution in [0.1, 0.15) is 37.7 Å². The number of carbonyl (C=O) groups excluding carboxylic acids is 1.